The summed E-state index contributed by atoms with van der Waals surface area (Å²) in [6, 6.07) is 30.1. The molecule has 4 heteroatoms. The van der Waals surface area contributed by atoms with E-state index < -0.39 is 7.92 Å². The van der Waals surface area contributed by atoms with Crippen molar-refractivity contribution in [2.45, 2.75) is 19.8 Å². The Balaban J connectivity index is 0.00000261. The predicted octanol–water partition coefficient (Wildman–Crippen LogP) is 4.52. The molecule has 140 valence electrons. The summed E-state index contributed by atoms with van der Waals surface area (Å²) in [6.45, 7) is 1.93. The average molecular weight is 443 g/mol. The fourth-order valence-electron chi connectivity index (χ4n) is 3.00. The zero-order chi connectivity index (χ0) is 18.2. The molecule has 27 heavy (non-hydrogen) atoms. The average Bonchev–Trinajstić information content (AvgIpc) is 2.68. The number of carbonyl (C=O) groups excluding carboxylic acids is 1. The summed E-state index contributed by atoms with van der Waals surface area (Å²) >= 11 is 0. The molecular formula is C23H24BrO2P. The number of hydrogen-bond acceptors (Lipinski definition) is 2. The molecule has 0 spiro atoms. The van der Waals surface area contributed by atoms with Crippen LogP contribution in [0, 0.1) is 0 Å². The van der Waals surface area contributed by atoms with Crippen molar-refractivity contribution in [3.05, 3.63) is 90.5 Å². The highest BCUT2D eigenvalue weighted by Gasteiger charge is 2.18. The summed E-state index contributed by atoms with van der Waals surface area (Å²) in [5.74, 6) is -0.214. The van der Waals surface area contributed by atoms with Crippen LogP contribution in [0.4, 0.5) is 0 Å². The Morgan fingerprint density at radius 1 is 0.815 bits per heavy atom. The van der Waals surface area contributed by atoms with E-state index >= 15 is 0 Å². The first-order valence-corrected chi connectivity index (χ1v) is 10.2. The van der Waals surface area contributed by atoms with E-state index in [4.69, 9.17) is 4.74 Å². The number of rotatable bonds is 7. The second-order valence-electron chi connectivity index (χ2n) is 6.08. The Morgan fingerprint density at radius 3 is 1.89 bits per heavy atom. The van der Waals surface area contributed by atoms with Crippen molar-refractivity contribution in [1.82, 2.24) is 0 Å². The molecule has 0 fully saturated rings. The lowest BCUT2D eigenvalue weighted by Crippen LogP contribution is -2.23. The molecule has 0 aliphatic heterocycles. The Morgan fingerprint density at radius 2 is 1.33 bits per heavy atom. The van der Waals surface area contributed by atoms with Crippen molar-refractivity contribution in [1.29, 1.82) is 0 Å². The number of ether oxygens (including phenoxy) is 1. The third-order valence-corrected chi connectivity index (χ3v) is 6.70. The molecule has 0 atom stereocenters. The third kappa shape index (κ3) is 6.02. The quantitative estimate of drug-likeness (QED) is 0.305. The normalized spacial score (nSPS) is 10.3. The molecule has 3 rings (SSSR count). The van der Waals surface area contributed by atoms with Gasteiger partial charge in [-0.2, -0.15) is 0 Å². The van der Waals surface area contributed by atoms with Gasteiger partial charge in [-0.1, -0.05) is 84.9 Å². The molecule has 3 aromatic carbocycles. The van der Waals surface area contributed by atoms with Crippen molar-refractivity contribution in [3.63, 3.8) is 0 Å². The number of benzene rings is 3. The van der Waals surface area contributed by atoms with Crippen LogP contribution in [0.1, 0.15) is 18.9 Å². The van der Waals surface area contributed by atoms with Crippen LogP contribution >= 0.6 is 24.9 Å². The molecule has 0 saturated carbocycles. The SMILES string of the molecule is Br.CC(=O)OCCCc1ccccc1P(c1ccccc1)c1ccccc1. The Hall–Kier alpha value is -1.96. The fraction of sp³-hybridized carbons (Fsp3) is 0.174. The van der Waals surface area contributed by atoms with Gasteiger partial charge in [-0.05, 0) is 42.2 Å². The molecule has 0 bridgehead atoms. The van der Waals surface area contributed by atoms with Gasteiger partial charge < -0.3 is 4.74 Å². The van der Waals surface area contributed by atoms with Crippen molar-refractivity contribution in [3.8, 4) is 0 Å². The van der Waals surface area contributed by atoms with Gasteiger partial charge in [0.05, 0.1) is 6.61 Å². The number of esters is 1. The van der Waals surface area contributed by atoms with Crippen molar-refractivity contribution in [2.24, 2.45) is 0 Å². The van der Waals surface area contributed by atoms with Crippen molar-refractivity contribution >= 4 is 46.8 Å². The molecule has 0 aliphatic rings. The van der Waals surface area contributed by atoms with Crippen LogP contribution in [0.15, 0.2) is 84.9 Å². The number of aryl methyl sites for hydroxylation is 1. The van der Waals surface area contributed by atoms with Gasteiger partial charge >= 0.3 is 5.97 Å². The molecule has 0 heterocycles. The summed E-state index contributed by atoms with van der Waals surface area (Å²) in [5.41, 5.74) is 1.33. The Bertz CT molecular complexity index is 798. The minimum absolute atomic E-state index is 0. The van der Waals surface area contributed by atoms with E-state index in [1.54, 1.807) is 0 Å². The molecule has 0 aliphatic carbocycles. The summed E-state index contributed by atoms with van der Waals surface area (Å²) < 4.78 is 5.10. The highest BCUT2D eigenvalue weighted by Crippen LogP contribution is 2.34. The number of hydrogen-bond donors (Lipinski definition) is 0. The van der Waals surface area contributed by atoms with Crippen LogP contribution in [-0.4, -0.2) is 12.6 Å². The largest absolute Gasteiger partial charge is 0.466 e. The van der Waals surface area contributed by atoms with E-state index in [1.807, 2.05) is 0 Å². The van der Waals surface area contributed by atoms with E-state index in [2.05, 4.69) is 84.9 Å². The molecule has 0 unspecified atom stereocenters. The zero-order valence-corrected chi connectivity index (χ0v) is 18.0. The van der Waals surface area contributed by atoms with Gasteiger partial charge in [0.15, 0.2) is 0 Å². The topological polar surface area (TPSA) is 26.3 Å². The van der Waals surface area contributed by atoms with Crippen LogP contribution in [-0.2, 0) is 16.0 Å². The van der Waals surface area contributed by atoms with E-state index in [-0.39, 0.29) is 23.0 Å². The first-order valence-electron chi connectivity index (χ1n) is 8.87. The summed E-state index contributed by atoms with van der Waals surface area (Å²) in [4.78, 5) is 11.0. The predicted molar refractivity (Wildman–Crippen MR) is 120 cm³/mol. The zero-order valence-electron chi connectivity index (χ0n) is 15.4. The lowest BCUT2D eigenvalue weighted by Gasteiger charge is -2.22. The van der Waals surface area contributed by atoms with Crippen LogP contribution in [0.2, 0.25) is 0 Å². The first-order chi connectivity index (χ1) is 12.8. The smallest absolute Gasteiger partial charge is 0.302 e. The maximum absolute atomic E-state index is 11.0. The van der Waals surface area contributed by atoms with Crippen LogP contribution < -0.4 is 15.9 Å². The van der Waals surface area contributed by atoms with Gasteiger partial charge in [0, 0.05) is 6.92 Å². The minimum atomic E-state index is -0.608. The van der Waals surface area contributed by atoms with Gasteiger partial charge in [-0.15, -0.1) is 17.0 Å². The molecular weight excluding hydrogens is 419 g/mol. The Labute approximate surface area is 173 Å². The lowest BCUT2D eigenvalue weighted by molar-refractivity contribution is -0.141. The van der Waals surface area contributed by atoms with E-state index in [0.29, 0.717) is 6.61 Å². The van der Waals surface area contributed by atoms with E-state index in [9.17, 15) is 4.79 Å². The summed E-state index contributed by atoms with van der Waals surface area (Å²) in [7, 11) is -0.608. The highest BCUT2D eigenvalue weighted by atomic mass is 79.9. The number of carbonyl (C=O) groups is 1. The van der Waals surface area contributed by atoms with Crippen molar-refractivity contribution in [2.75, 3.05) is 6.61 Å². The van der Waals surface area contributed by atoms with Gasteiger partial charge in [-0.3, -0.25) is 4.79 Å². The van der Waals surface area contributed by atoms with E-state index in [0.717, 1.165) is 12.8 Å². The molecule has 0 aromatic heterocycles. The van der Waals surface area contributed by atoms with Crippen molar-refractivity contribution < 1.29 is 9.53 Å². The van der Waals surface area contributed by atoms with Crippen LogP contribution in [0.25, 0.3) is 0 Å². The second kappa shape index (κ2) is 11.0. The molecule has 2 nitrogen and oxygen atoms in total. The van der Waals surface area contributed by atoms with Crippen LogP contribution in [0.5, 0.6) is 0 Å². The third-order valence-electron chi connectivity index (χ3n) is 4.16. The lowest BCUT2D eigenvalue weighted by atomic mass is 10.1. The standard InChI is InChI=1S/C23H23O2P.BrH/c1-19(24)25-18-10-12-20-11-8-9-17-23(20)26(21-13-4-2-5-14-21)22-15-6-3-7-16-22;/h2-9,11,13-17H,10,12,18H2,1H3;1H. The summed E-state index contributed by atoms with van der Waals surface area (Å²) in [5, 5.41) is 4.07. The maximum atomic E-state index is 11.0. The Kier molecular flexibility index (Phi) is 8.71. The molecule has 0 saturated heterocycles. The van der Waals surface area contributed by atoms with Gasteiger partial charge in [0.2, 0.25) is 0 Å². The van der Waals surface area contributed by atoms with Gasteiger partial charge in [0.1, 0.15) is 0 Å². The second-order valence-corrected chi connectivity index (χ2v) is 8.26. The summed E-state index contributed by atoms with van der Waals surface area (Å²) in [6.07, 6.45) is 1.74. The first kappa shape index (κ1) is 21.3. The van der Waals surface area contributed by atoms with E-state index in [1.165, 1.54) is 28.4 Å². The van der Waals surface area contributed by atoms with Gasteiger partial charge in [-0.25, -0.2) is 0 Å². The minimum Gasteiger partial charge on any atom is -0.466 e. The molecule has 0 N–H and O–H groups in total. The highest BCUT2D eigenvalue weighted by molar-refractivity contribution is 8.93. The maximum Gasteiger partial charge on any atom is 0.302 e. The molecule has 0 radical (unpaired) electrons. The monoisotopic (exact) mass is 442 g/mol. The number of halogens is 1. The van der Waals surface area contributed by atoms with Gasteiger partial charge in [0.25, 0.3) is 0 Å². The molecule has 0 amide bonds. The van der Waals surface area contributed by atoms with Crippen LogP contribution in [0.3, 0.4) is 0 Å². The molecule has 3 aromatic rings. The fourth-order valence-corrected chi connectivity index (χ4v) is 5.50.